The number of hydrogen-bond acceptors (Lipinski definition) is 4. The molecule has 25 heavy (non-hydrogen) atoms. The van der Waals surface area contributed by atoms with E-state index in [0.717, 1.165) is 25.8 Å². The lowest BCUT2D eigenvalue weighted by atomic mass is 10.0. The Morgan fingerprint density at radius 2 is 2.08 bits per heavy atom. The number of hydrogen-bond donors (Lipinski definition) is 3. The van der Waals surface area contributed by atoms with Crippen LogP contribution in [0.5, 0.6) is 0 Å². The zero-order valence-electron chi connectivity index (χ0n) is 13.9. The molecule has 2 aromatic rings. The smallest absolute Gasteiger partial charge is 0.259 e. The molecular formula is C18H20FN3O3. The van der Waals surface area contributed by atoms with Crippen LogP contribution in [0.3, 0.4) is 0 Å². The zero-order chi connectivity index (χ0) is 17.8. The molecule has 0 aliphatic carbocycles. The van der Waals surface area contributed by atoms with Gasteiger partial charge in [-0.15, -0.1) is 0 Å². The molecule has 1 aliphatic heterocycles. The highest BCUT2D eigenvalue weighted by Crippen LogP contribution is 2.22. The summed E-state index contributed by atoms with van der Waals surface area (Å²) in [5.41, 5.74) is 0.762. The lowest BCUT2D eigenvalue weighted by molar-refractivity contribution is -0.118. The molecule has 1 unspecified atom stereocenters. The summed E-state index contributed by atoms with van der Waals surface area (Å²) in [5, 5.41) is 8.42. The molecule has 1 aromatic carbocycles. The van der Waals surface area contributed by atoms with E-state index >= 15 is 0 Å². The first-order valence-corrected chi connectivity index (χ1v) is 8.24. The summed E-state index contributed by atoms with van der Waals surface area (Å²) in [4.78, 5) is 24.4. The molecule has 0 saturated carbocycles. The van der Waals surface area contributed by atoms with E-state index in [1.165, 1.54) is 30.5 Å². The number of carbonyl (C=O) groups is 2. The number of carbonyl (C=O) groups excluding carboxylic acids is 2. The molecule has 0 bridgehead atoms. The lowest BCUT2D eigenvalue weighted by Gasteiger charge is -2.22. The average Bonchev–Trinajstić information content (AvgIpc) is 3.04. The fourth-order valence-corrected chi connectivity index (χ4v) is 2.81. The molecule has 132 valence electrons. The van der Waals surface area contributed by atoms with E-state index in [4.69, 9.17) is 4.42 Å². The molecule has 1 aromatic heterocycles. The van der Waals surface area contributed by atoms with Gasteiger partial charge < -0.3 is 20.4 Å². The van der Waals surface area contributed by atoms with Crippen LogP contribution in [0, 0.1) is 12.7 Å². The highest BCUT2D eigenvalue weighted by molar-refractivity contribution is 6.05. The van der Waals surface area contributed by atoms with E-state index in [9.17, 15) is 14.0 Å². The molecule has 2 amide bonds. The number of anilines is 2. The van der Waals surface area contributed by atoms with E-state index in [1.54, 1.807) is 6.92 Å². The standard InChI is InChI=1S/C18H20FN3O3/c1-11-13(7-9-25-11)17(23)22-16-10-12(5-6-14(16)19)21-18(24)15-4-2-3-8-20-15/h5-7,9-10,15,20H,2-4,8H2,1H3,(H,21,24)(H,22,23). The van der Waals surface area contributed by atoms with Crippen LogP contribution >= 0.6 is 0 Å². The highest BCUT2D eigenvalue weighted by Gasteiger charge is 2.21. The van der Waals surface area contributed by atoms with Gasteiger partial charge in [-0.3, -0.25) is 9.59 Å². The largest absolute Gasteiger partial charge is 0.469 e. The van der Waals surface area contributed by atoms with Crippen molar-refractivity contribution in [3.63, 3.8) is 0 Å². The van der Waals surface area contributed by atoms with Crippen molar-refractivity contribution < 1.29 is 18.4 Å². The topological polar surface area (TPSA) is 83.4 Å². The quantitative estimate of drug-likeness (QED) is 0.795. The number of piperidine rings is 1. The predicted octanol–water partition coefficient (Wildman–Crippen LogP) is 3.06. The van der Waals surface area contributed by atoms with Crippen LogP contribution in [0.4, 0.5) is 15.8 Å². The van der Waals surface area contributed by atoms with E-state index in [0.29, 0.717) is 17.0 Å². The first-order chi connectivity index (χ1) is 12.0. The van der Waals surface area contributed by atoms with Gasteiger partial charge in [0.1, 0.15) is 11.6 Å². The summed E-state index contributed by atoms with van der Waals surface area (Å²) in [5.74, 6) is -0.758. The number of halogens is 1. The van der Waals surface area contributed by atoms with Gasteiger partial charge in [-0.2, -0.15) is 0 Å². The maximum atomic E-state index is 14.0. The van der Waals surface area contributed by atoms with Crippen LogP contribution in [-0.4, -0.2) is 24.4 Å². The highest BCUT2D eigenvalue weighted by atomic mass is 19.1. The summed E-state index contributed by atoms with van der Waals surface area (Å²) in [6.45, 7) is 2.46. The van der Waals surface area contributed by atoms with Crippen LogP contribution in [-0.2, 0) is 4.79 Å². The number of aryl methyl sites for hydroxylation is 1. The lowest BCUT2D eigenvalue weighted by Crippen LogP contribution is -2.43. The van der Waals surface area contributed by atoms with Crippen molar-refractivity contribution in [1.29, 1.82) is 0 Å². The van der Waals surface area contributed by atoms with Gasteiger partial charge >= 0.3 is 0 Å². The summed E-state index contributed by atoms with van der Waals surface area (Å²) in [6.07, 6.45) is 4.23. The maximum absolute atomic E-state index is 14.0. The van der Waals surface area contributed by atoms with Crippen LogP contribution in [0.1, 0.15) is 35.4 Å². The number of benzene rings is 1. The minimum absolute atomic E-state index is 0.00000310. The van der Waals surface area contributed by atoms with Crippen molar-refractivity contribution in [2.24, 2.45) is 0 Å². The molecule has 6 nitrogen and oxygen atoms in total. The molecule has 1 atom stereocenters. The van der Waals surface area contributed by atoms with Crippen molar-refractivity contribution in [2.75, 3.05) is 17.2 Å². The van der Waals surface area contributed by atoms with Gasteiger partial charge in [-0.25, -0.2) is 4.39 Å². The van der Waals surface area contributed by atoms with Gasteiger partial charge in [0, 0.05) is 5.69 Å². The van der Waals surface area contributed by atoms with E-state index in [-0.39, 0.29) is 17.6 Å². The molecule has 0 radical (unpaired) electrons. The predicted molar refractivity (Wildman–Crippen MR) is 92.1 cm³/mol. The monoisotopic (exact) mass is 345 g/mol. The summed E-state index contributed by atoms with van der Waals surface area (Å²) in [7, 11) is 0. The fourth-order valence-electron chi connectivity index (χ4n) is 2.81. The number of furan rings is 1. The second kappa shape index (κ2) is 7.48. The Morgan fingerprint density at radius 1 is 1.24 bits per heavy atom. The van der Waals surface area contributed by atoms with Gasteiger partial charge in [0.25, 0.3) is 5.91 Å². The van der Waals surface area contributed by atoms with Crippen LogP contribution in [0.2, 0.25) is 0 Å². The van der Waals surface area contributed by atoms with Crippen molar-refractivity contribution in [3.05, 3.63) is 47.7 Å². The van der Waals surface area contributed by atoms with Crippen molar-refractivity contribution in [2.45, 2.75) is 32.2 Å². The van der Waals surface area contributed by atoms with Gasteiger partial charge in [0.05, 0.1) is 23.6 Å². The Labute approximate surface area is 144 Å². The summed E-state index contributed by atoms with van der Waals surface area (Å²) < 4.78 is 19.1. The van der Waals surface area contributed by atoms with Gasteiger partial charge in [-0.05, 0) is 50.6 Å². The molecule has 1 saturated heterocycles. The molecule has 2 heterocycles. The molecule has 1 aliphatic rings. The first kappa shape index (κ1) is 17.2. The minimum Gasteiger partial charge on any atom is -0.469 e. The van der Waals surface area contributed by atoms with E-state index < -0.39 is 11.7 Å². The normalized spacial score (nSPS) is 17.1. The first-order valence-electron chi connectivity index (χ1n) is 8.24. The van der Waals surface area contributed by atoms with Crippen LogP contribution < -0.4 is 16.0 Å². The van der Waals surface area contributed by atoms with E-state index in [1.807, 2.05) is 0 Å². The number of amides is 2. The van der Waals surface area contributed by atoms with Gasteiger partial charge in [0.15, 0.2) is 0 Å². The third kappa shape index (κ3) is 4.06. The third-order valence-electron chi connectivity index (χ3n) is 4.21. The Morgan fingerprint density at radius 3 is 2.76 bits per heavy atom. The molecular weight excluding hydrogens is 325 g/mol. The van der Waals surface area contributed by atoms with Gasteiger partial charge in [0.2, 0.25) is 5.91 Å². The van der Waals surface area contributed by atoms with Crippen molar-refractivity contribution >= 4 is 23.2 Å². The second-order valence-electron chi connectivity index (χ2n) is 6.03. The zero-order valence-corrected chi connectivity index (χ0v) is 13.9. The van der Waals surface area contributed by atoms with Gasteiger partial charge in [-0.1, -0.05) is 6.42 Å². The molecule has 3 rings (SSSR count). The summed E-state index contributed by atoms with van der Waals surface area (Å²) >= 11 is 0. The summed E-state index contributed by atoms with van der Waals surface area (Å²) in [6, 6.07) is 5.36. The molecule has 1 fully saturated rings. The molecule has 0 spiro atoms. The Kier molecular flexibility index (Phi) is 5.14. The van der Waals surface area contributed by atoms with Crippen molar-refractivity contribution in [3.8, 4) is 0 Å². The molecule has 3 N–H and O–H groups in total. The van der Waals surface area contributed by atoms with E-state index in [2.05, 4.69) is 16.0 Å². The minimum atomic E-state index is -0.580. The Hall–Kier alpha value is -2.67. The molecule has 7 heteroatoms. The SMILES string of the molecule is Cc1occc1C(=O)Nc1cc(NC(=O)C2CCCCN2)ccc1F. The average molecular weight is 345 g/mol. The fraction of sp³-hybridized carbons (Fsp3) is 0.333. The Balaban J connectivity index is 1.70. The Bertz CT molecular complexity index is 782. The van der Waals surface area contributed by atoms with Crippen molar-refractivity contribution in [1.82, 2.24) is 5.32 Å². The number of rotatable bonds is 4. The third-order valence-corrected chi connectivity index (χ3v) is 4.21. The van der Waals surface area contributed by atoms with Crippen LogP contribution in [0.15, 0.2) is 34.9 Å². The number of nitrogens with one attached hydrogen (secondary N) is 3. The maximum Gasteiger partial charge on any atom is 0.259 e. The second-order valence-corrected chi connectivity index (χ2v) is 6.03. The van der Waals surface area contributed by atoms with Crippen LogP contribution in [0.25, 0.3) is 0 Å².